The molecule has 2 heterocycles. The minimum Gasteiger partial charge on any atom is -0.340 e. The second-order valence-corrected chi connectivity index (χ2v) is 7.15. The molecule has 27 heavy (non-hydrogen) atoms. The molecule has 1 aromatic heterocycles. The van der Waals surface area contributed by atoms with Crippen molar-refractivity contribution in [1.82, 2.24) is 19.9 Å². The van der Waals surface area contributed by atoms with Crippen LogP contribution in [0.15, 0.2) is 28.8 Å². The van der Waals surface area contributed by atoms with Crippen molar-refractivity contribution in [3.63, 3.8) is 0 Å². The molecule has 0 radical (unpaired) electrons. The molecule has 1 unspecified atom stereocenters. The molecule has 0 bridgehead atoms. The van der Waals surface area contributed by atoms with Crippen LogP contribution in [0.2, 0.25) is 5.02 Å². The van der Waals surface area contributed by atoms with Gasteiger partial charge in [0, 0.05) is 38.0 Å². The lowest BCUT2D eigenvalue weighted by molar-refractivity contribution is -0.143. The molecule has 0 saturated carbocycles. The Labute approximate surface area is 163 Å². The second-order valence-electron chi connectivity index (χ2n) is 6.72. The zero-order valence-electron chi connectivity index (χ0n) is 15.5. The summed E-state index contributed by atoms with van der Waals surface area (Å²) in [6.45, 7) is 5.40. The maximum atomic E-state index is 13.0. The molecule has 0 aliphatic carbocycles. The van der Waals surface area contributed by atoms with Crippen LogP contribution in [-0.2, 0) is 22.7 Å². The third kappa shape index (κ3) is 4.86. The molecule has 144 valence electrons. The van der Waals surface area contributed by atoms with E-state index in [0.717, 1.165) is 5.56 Å². The third-order valence-corrected chi connectivity index (χ3v) is 4.98. The number of hydrogen-bond donors (Lipinski definition) is 0. The number of rotatable bonds is 6. The molecular weight excluding hydrogens is 368 g/mol. The van der Waals surface area contributed by atoms with Crippen LogP contribution < -0.4 is 0 Å². The van der Waals surface area contributed by atoms with Gasteiger partial charge in [-0.15, -0.1) is 0 Å². The van der Waals surface area contributed by atoms with Crippen molar-refractivity contribution in [3.05, 3.63) is 46.6 Å². The Morgan fingerprint density at radius 3 is 2.74 bits per heavy atom. The third-order valence-electron chi connectivity index (χ3n) is 4.73. The minimum atomic E-state index is -0.219. The first-order valence-corrected chi connectivity index (χ1v) is 9.44. The predicted molar refractivity (Wildman–Crippen MR) is 99.7 cm³/mol. The smallest absolute Gasteiger partial charge is 0.227 e. The lowest BCUT2D eigenvalue weighted by atomic mass is 9.95. The highest BCUT2D eigenvalue weighted by atomic mass is 35.5. The van der Waals surface area contributed by atoms with E-state index >= 15 is 0 Å². The average Bonchev–Trinajstić information content (AvgIpc) is 3.07. The standard InChI is InChI=1S/C19H23ClN4O3/c1-3-23(12-17-21-13(2)27-22-17)19(26)15-6-9-18(25)24(11-15)10-14-4-7-16(20)8-5-14/h4-5,7-8,15H,3,6,9-12H2,1-2H3. The van der Waals surface area contributed by atoms with Gasteiger partial charge in [0.25, 0.3) is 0 Å². The van der Waals surface area contributed by atoms with E-state index in [1.807, 2.05) is 19.1 Å². The monoisotopic (exact) mass is 390 g/mol. The summed E-state index contributed by atoms with van der Waals surface area (Å²) in [5.74, 6) is 0.848. The summed E-state index contributed by atoms with van der Waals surface area (Å²) in [5.41, 5.74) is 0.996. The molecule has 0 N–H and O–H groups in total. The van der Waals surface area contributed by atoms with Gasteiger partial charge in [0.05, 0.1) is 12.5 Å². The van der Waals surface area contributed by atoms with Gasteiger partial charge in [-0.1, -0.05) is 28.9 Å². The Kier molecular flexibility index (Phi) is 6.11. The van der Waals surface area contributed by atoms with Crippen molar-refractivity contribution in [2.45, 2.75) is 39.8 Å². The van der Waals surface area contributed by atoms with Crippen LogP contribution in [0.25, 0.3) is 0 Å². The lowest BCUT2D eigenvalue weighted by Gasteiger charge is -2.34. The molecule has 1 aliphatic rings. The Hall–Kier alpha value is -2.41. The fourth-order valence-electron chi connectivity index (χ4n) is 3.26. The summed E-state index contributed by atoms with van der Waals surface area (Å²) in [4.78, 5) is 32.9. The highest BCUT2D eigenvalue weighted by Gasteiger charge is 2.32. The summed E-state index contributed by atoms with van der Waals surface area (Å²) in [6.07, 6.45) is 0.944. The van der Waals surface area contributed by atoms with E-state index in [1.165, 1.54) is 0 Å². The first kappa shape index (κ1) is 19.4. The highest BCUT2D eigenvalue weighted by Crippen LogP contribution is 2.23. The number of likely N-dealkylation sites (tertiary alicyclic amines) is 1. The predicted octanol–water partition coefficient (Wildman–Crippen LogP) is 2.82. The SMILES string of the molecule is CCN(Cc1noc(C)n1)C(=O)C1CCC(=O)N(Cc2ccc(Cl)cc2)C1. The molecule has 1 aromatic carbocycles. The average molecular weight is 391 g/mol. The highest BCUT2D eigenvalue weighted by molar-refractivity contribution is 6.30. The molecule has 1 atom stereocenters. The van der Waals surface area contributed by atoms with E-state index in [2.05, 4.69) is 10.1 Å². The van der Waals surface area contributed by atoms with Crippen LogP contribution in [0.4, 0.5) is 0 Å². The number of aromatic nitrogens is 2. The maximum absolute atomic E-state index is 13.0. The number of amides is 2. The van der Waals surface area contributed by atoms with Crippen molar-refractivity contribution in [1.29, 1.82) is 0 Å². The zero-order valence-corrected chi connectivity index (χ0v) is 16.3. The number of carbonyl (C=O) groups excluding carboxylic acids is 2. The van der Waals surface area contributed by atoms with Gasteiger partial charge >= 0.3 is 0 Å². The molecule has 8 heteroatoms. The Bertz CT molecular complexity index is 806. The molecule has 1 fully saturated rings. The van der Waals surface area contributed by atoms with Gasteiger partial charge in [0.1, 0.15) is 0 Å². The van der Waals surface area contributed by atoms with Gasteiger partial charge in [0.2, 0.25) is 17.7 Å². The van der Waals surface area contributed by atoms with Gasteiger partial charge in [-0.2, -0.15) is 4.98 Å². The van der Waals surface area contributed by atoms with Gasteiger partial charge < -0.3 is 14.3 Å². The number of aryl methyl sites for hydroxylation is 1. The van der Waals surface area contributed by atoms with E-state index in [0.29, 0.717) is 55.8 Å². The molecule has 0 spiro atoms. The molecule has 2 aromatic rings. The summed E-state index contributed by atoms with van der Waals surface area (Å²) in [7, 11) is 0. The van der Waals surface area contributed by atoms with Crippen molar-refractivity contribution >= 4 is 23.4 Å². The Morgan fingerprint density at radius 2 is 2.11 bits per heavy atom. The van der Waals surface area contributed by atoms with Crippen LogP contribution in [-0.4, -0.2) is 44.8 Å². The fourth-order valence-corrected chi connectivity index (χ4v) is 3.39. The van der Waals surface area contributed by atoms with Crippen LogP contribution >= 0.6 is 11.6 Å². The number of piperidine rings is 1. The quantitative estimate of drug-likeness (QED) is 0.757. The minimum absolute atomic E-state index is 0.0218. The lowest BCUT2D eigenvalue weighted by Crippen LogP contribution is -2.46. The summed E-state index contributed by atoms with van der Waals surface area (Å²) in [5, 5.41) is 4.53. The Balaban J connectivity index is 1.65. The van der Waals surface area contributed by atoms with E-state index in [4.69, 9.17) is 16.1 Å². The second kappa shape index (κ2) is 8.52. The van der Waals surface area contributed by atoms with Crippen LogP contribution in [0.3, 0.4) is 0 Å². The molecule has 3 rings (SSSR count). The summed E-state index contributed by atoms with van der Waals surface area (Å²) < 4.78 is 4.98. The van der Waals surface area contributed by atoms with E-state index in [-0.39, 0.29) is 17.7 Å². The van der Waals surface area contributed by atoms with Gasteiger partial charge in [-0.25, -0.2) is 0 Å². The van der Waals surface area contributed by atoms with Crippen LogP contribution in [0, 0.1) is 12.8 Å². The van der Waals surface area contributed by atoms with Crippen LogP contribution in [0.5, 0.6) is 0 Å². The maximum Gasteiger partial charge on any atom is 0.227 e. The Morgan fingerprint density at radius 1 is 1.37 bits per heavy atom. The van der Waals surface area contributed by atoms with Crippen LogP contribution in [0.1, 0.15) is 37.0 Å². The van der Waals surface area contributed by atoms with E-state index in [9.17, 15) is 9.59 Å². The van der Waals surface area contributed by atoms with Crippen molar-refractivity contribution in [2.75, 3.05) is 13.1 Å². The fraction of sp³-hybridized carbons (Fsp3) is 0.474. The topological polar surface area (TPSA) is 79.5 Å². The van der Waals surface area contributed by atoms with Gasteiger partial charge in [-0.3, -0.25) is 9.59 Å². The number of hydrogen-bond acceptors (Lipinski definition) is 5. The van der Waals surface area contributed by atoms with E-state index in [1.54, 1.807) is 28.9 Å². The molecular formula is C19H23ClN4O3. The molecule has 1 aliphatic heterocycles. The van der Waals surface area contributed by atoms with E-state index < -0.39 is 0 Å². The first-order valence-electron chi connectivity index (χ1n) is 9.06. The number of halogens is 1. The molecule has 2 amide bonds. The number of carbonyl (C=O) groups is 2. The zero-order chi connectivity index (χ0) is 19.4. The first-order chi connectivity index (χ1) is 13.0. The van der Waals surface area contributed by atoms with Crippen molar-refractivity contribution in [3.8, 4) is 0 Å². The number of nitrogens with zero attached hydrogens (tertiary/aromatic N) is 4. The summed E-state index contributed by atoms with van der Waals surface area (Å²) in [6, 6.07) is 7.41. The van der Waals surface area contributed by atoms with Crippen molar-refractivity contribution in [2.24, 2.45) is 5.92 Å². The number of benzene rings is 1. The summed E-state index contributed by atoms with van der Waals surface area (Å²) >= 11 is 5.92. The van der Waals surface area contributed by atoms with Gasteiger partial charge in [-0.05, 0) is 31.0 Å². The normalized spacial score (nSPS) is 17.2. The molecule has 7 nitrogen and oxygen atoms in total. The molecule has 1 saturated heterocycles. The largest absolute Gasteiger partial charge is 0.340 e. The van der Waals surface area contributed by atoms with Gasteiger partial charge in [0.15, 0.2) is 5.82 Å². The van der Waals surface area contributed by atoms with Crippen molar-refractivity contribution < 1.29 is 14.1 Å².